The average molecular weight is 302 g/mol. The van der Waals surface area contributed by atoms with Gasteiger partial charge in [-0.1, -0.05) is 0 Å². The first kappa shape index (κ1) is 15.4. The molecule has 7 nitrogen and oxygen atoms in total. The predicted molar refractivity (Wildman–Crippen MR) is 74.8 cm³/mol. The molecule has 0 spiro atoms. The van der Waals surface area contributed by atoms with Gasteiger partial charge in [-0.2, -0.15) is 9.40 Å². The zero-order valence-electron chi connectivity index (χ0n) is 11.9. The summed E-state index contributed by atoms with van der Waals surface area (Å²) in [5, 5.41) is 9.60. The monoisotopic (exact) mass is 302 g/mol. The highest BCUT2D eigenvalue weighted by molar-refractivity contribution is 7.89. The van der Waals surface area contributed by atoms with Crippen molar-refractivity contribution in [2.45, 2.75) is 37.4 Å². The number of sulfonamides is 1. The number of piperidine rings is 1. The van der Waals surface area contributed by atoms with Gasteiger partial charge in [0.05, 0.1) is 12.3 Å². The van der Waals surface area contributed by atoms with E-state index in [2.05, 4.69) is 15.5 Å². The van der Waals surface area contributed by atoms with Gasteiger partial charge < -0.3 is 10.1 Å². The van der Waals surface area contributed by atoms with Crippen LogP contribution in [0.1, 0.15) is 25.3 Å². The molecule has 0 amide bonds. The fourth-order valence-electron chi connectivity index (χ4n) is 2.46. The van der Waals surface area contributed by atoms with Gasteiger partial charge in [-0.15, -0.1) is 0 Å². The lowest BCUT2D eigenvalue weighted by Gasteiger charge is -2.31. The zero-order valence-corrected chi connectivity index (χ0v) is 12.7. The van der Waals surface area contributed by atoms with E-state index in [9.17, 15) is 8.42 Å². The zero-order chi connectivity index (χ0) is 14.6. The van der Waals surface area contributed by atoms with E-state index >= 15 is 0 Å². The second-order valence-electron chi connectivity index (χ2n) is 4.84. The van der Waals surface area contributed by atoms with Gasteiger partial charge >= 0.3 is 0 Å². The molecule has 0 bridgehead atoms. The normalized spacial score (nSPS) is 21.2. The van der Waals surface area contributed by atoms with E-state index in [1.807, 2.05) is 6.92 Å². The summed E-state index contributed by atoms with van der Waals surface area (Å²) in [6, 6.07) is 0. The van der Waals surface area contributed by atoms with Gasteiger partial charge in [-0.3, -0.25) is 5.10 Å². The van der Waals surface area contributed by atoms with Gasteiger partial charge in [0, 0.05) is 31.8 Å². The number of aromatic amines is 1. The fourth-order valence-corrected chi connectivity index (χ4v) is 4.08. The van der Waals surface area contributed by atoms with Crippen molar-refractivity contribution in [3.05, 3.63) is 11.8 Å². The molecule has 0 aromatic carbocycles. The highest BCUT2D eigenvalue weighted by atomic mass is 32.2. The van der Waals surface area contributed by atoms with Gasteiger partial charge in [-0.05, 0) is 26.8 Å². The number of ether oxygens (including phenoxy) is 1. The molecule has 2 heterocycles. The lowest BCUT2D eigenvalue weighted by Crippen LogP contribution is -2.43. The summed E-state index contributed by atoms with van der Waals surface area (Å²) in [6.45, 7) is 3.94. The molecule has 1 unspecified atom stereocenters. The maximum absolute atomic E-state index is 12.7. The minimum absolute atomic E-state index is 0.0146. The van der Waals surface area contributed by atoms with Crippen LogP contribution in [-0.4, -0.2) is 55.8 Å². The summed E-state index contributed by atoms with van der Waals surface area (Å²) in [4.78, 5) is 0. The van der Waals surface area contributed by atoms with Crippen LogP contribution in [0.4, 0.5) is 0 Å². The first-order valence-corrected chi connectivity index (χ1v) is 8.32. The number of aromatic nitrogens is 2. The Balaban J connectivity index is 2.18. The molecule has 1 aromatic heterocycles. The maximum Gasteiger partial charge on any atom is 0.260 e. The van der Waals surface area contributed by atoms with Crippen molar-refractivity contribution >= 4 is 10.0 Å². The summed E-state index contributed by atoms with van der Waals surface area (Å²) >= 11 is 0. The maximum atomic E-state index is 12.7. The Bertz CT molecular complexity index is 527. The molecule has 1 aromatic rings. The van der Waals surface area contributed by atoms with E-state index in [1.54, 1.807) is 13.2 Å². The van der Waals surface area contributed by atoms with Crippen molar-refractivity contribution in [2.75, 3.05) is 26.7 Å². The molecule has 2 N–H and O–H groups in total. The van der Waals surface area contributed by atoms with Gasteiger partial charge in [0.15, 0.2) is 5.03 Å². The summed E-state index contributed by atoms with van der Waals surface area (Å²) in [5.74, 6) is 0. The van der Waals surface area contributed by atoms with E-state index in [1.165, 1.54) is 4.31 Å². The Kier molecular flexibility index (Phi) is 5.14. The summed E-state index contributed by atoms with van der Waals surface area (Å²) < 4.78 is 32.4. The van der Waals surface area contributed by atoms with E-state index in [-0.39, 0.29) is 11.1 Å². The standard InChI is InChI=1S/C12H22N4O3S/c1-3-19-11-5-4-6-16(9-11)20(17,18)12-10(7-13-2)8-14-15-12/h8,11,13H,3-7,9H2,1-2H3,(H,14,15). The highest BCUT2D eigenvalue weighted by Gasteiger charge is 2.33. The SMILES string of the molecule is CCOC1CCCN(S(=O)(=O)c2[nH]ncc2CNC)C1. The first-order chi connectivity index (χ1) is 9.59. The molecule has 1 atom stereocenters. The Morgan fingerprint density at radius 3 is 3.10 bits per heavy atom. The molecule has 1 aliphatic heterocycles. The van der Waals surface area contributed by atoms with Gasteiger partial charge in [0.1, 0.15) is 0 Å². The van der Waals surface area contributed by atoms with Crippen molar-refractivity contribution in [1.82, 2.24) is 19.8 Å². The molecule has 0 saturated carbocycles. The second kappa shape index (κ2) is 6.66. The van der Waals surface area contributed by atoms with E-state index in [4.69, 9.17) is 4.74 Å². The smallest absolute Gasteiger partial charge is 0.260 e. The minimum Gasteiger partial charge on any atom is -0.377 e. The Hall–Kier alpha value is -0.960. The van der Waals surface area contributed by atoms with Gasteiger partial charge in [-0.25, -0.2) is 8.42 Å². The van der Waals surface area contributed by atoms with Crippen molar-refractivity contribution in [3.8, 4) is 0 Å². The fraction of sp³-hybridized carbons (Fsp3) is 0.750. The third kappa shape index (κ3) is 3.20. The molecular weight excluding hydrogens is 280 g/mol. The van der Waals surface area contributed by atoms with Crippen LogP contribution in [0.25, 0.3) is 0 Å². The van der Waals surface area contributed by atoms with Crippen LogP contribution in [-0.2, 0) is 21.3 Å². The topological polar surface area (TPSA) is 87.3 Å². The van der Waals surface area contributed by atoms with E-state index in [0.29, 0.717) is 31.8 Å². The quantitative estimate of drug-likeness (QED) is 0.790. The van der Waals surface area contributed by atoms with E-state index < -0.39 is 10.0 Å². The van der Waals surface area contributed by atoms with E-state index in [0.717, 1.165) is 12.8 Å². The molecule has 0 aliphatic carbocycles. The van der Waals surface area contributed by atoms with Crippen LogP contribution in [0, 0.1) is 0 Å². The molecule has 1 saturated heterocycles. The minimum atomic E-state index is -3.53. The third-order valence-corrected chi connectivity index (χ3v) is 5.27. The molecule has 0 radical (unpaired) electrons. The molecule has 8 heteroatoms. The molecule has 20 heavy (non-hydrogen) atoms. The average Bonchev–Trinajstić information content (AvgIpc) is 2.89. The molecule has 2 rings (SSSR count). The van der Waals surface area contributed by atoms with Gasteiger partial charge in [0.2, 0.25) is 0 Å². The summed E-state index contributed by atoms with van der Waals surface area (Å²) in [7, 11) is -1.75. The number of H-pyrrole nitrogens is 1. The lowest BCUT2D eigenvalue weighted by atomic mass is 10.1. The number of nitrogens with one attached hydrogen (secondary N) is 2. The van der Waals surface area contributed by atoms with Crippen LogP contribution in [0.15, 0.2) is 11.2 Å². The highest BCUT2D eigenvalue weighted by Crippen LogP contribution is 2.22. The molecular formula is C12H22N4O3S. The Morgan fingerprint density at radius 1 is 1.60 bits per heavy atom. The third-order valence-electron chi connectivity index (χ3n) is 3.39. The first-order valence-electron chi connectivity index (χ1n) is 6.88. The van der Waals surface area contributed by atoms with Crippen LogP contribution < -0.4 is 5.32 Å². The largest absolute Gasteiger partial charge is 0.377 e. The summed E-state index contributed by atoms with van der Waals surface area (Å²) in [6.07, 6.45) is 3.26. The van der Waals surface area contributed by atoms with Gasteiger partial charge in [0.25, 0.3) is 10.0 Å². The number of hydrogen-bond donors (Lipinski definition) is 2. The summed E-state index contributed by atoms with van der Waals surface area (Å²) in [5.41, 5.74) is 0.658. The second-order valence-corrected chi connectivity index (χ2v) is 6.71. The number of rotatable bonds is 6. The Labute approximate surface area is 119 Å². The van der Waals surface area contributed by atoms with Crippen molar-refractivity contribution in [3.63, 3.8) is 0 Å². The predicted octanol–water partition coefficient (Wildman–Crippen LogP) is 0.319. The molecule has 114 valence electrons. The van der Waals surface area contributed by atoms with Crippen LogP contribution in [0.2, 0.25) is 0 Å². The number of hydrogen-bond acceptors (Lipinski definition) is 5. The number of nitrogens with zero attached hydrogens (tertiary/aromatic N) is 2. The van der Waals surface area contributed by atoms with Crippen molar-refractivity contribution in [2.24, 2.45) is 0 Å². The van der Waals surface area contributed by atoms with Crippen molar-refractivity contribution in [1.29, 1.82) is 0 Å². The Morgan fingerprint density at radius 2 is 2.40 bits per heavy atom. The lowest BCUT2D eigenvalue weighted by molar-refractivity contribution is 0.0264. The molecule has 1 fully saturated rings. The molecule has 1 aliphatic rings. The van der Waals surface area contributed by atoms with Crippen LogP contribution >= 0.6 is 0 Å². The van der Waals surface area contributed by atoms with Crippen LogP contribution in [0.5, 0.6) is 0 Å². The van der Waals surface area contributed by atoms with Crippen molar-refractivity contribution < 1.29 is 13.2 Å². The van der Waals surface area contributed by atoms with Crippen LogP contribution in [0.3, 0.4) is 0 Å².